The Morgan fingerprint density at radius 1 is 1.78 bits per heavy atom. The lowest BCUT2D eigenvalue weighted by molar-refractivity contribution is -0.137. The van der Waals surface area contributed by atoms with E-state index in [1.165, 1.54) is 6.92 Å². The number of hydrogen-bond acceptors (Lipinski definition) is 1. The van der Waals surface area contributed by atoms with E-state index in [0.29, 0.717) is 12.8 Å². The van der Waals surface area contributed by atoms with Crippen LogP contribution in [0, 0.1) is 0 Å². The summed E-state index contributed by atoms with van der Waals surface area (Å²) in [6, 6.07) is 0. The van der Waals surface area contributed by atoms with E-state index >= 15 is 0 Å². The third-order valence-corrected chi connectivity index (χ3v) is 0.993. The van der Waals surface area contributed by atoms with Gasteiger partial charge in [-0.15, -0.1) is 0 Å². The highest BCUT2D eigenvalue weighted by molar-refractivity contribution is 5.66. The molecule has 1 N–H and O–H groups in total. The molecule has 0 bridgehead atoms. The zero-order chi connectivity index (χ0) is 7.28. The molecule has 1 unspecified atom stereocenters. The summed E-state index contributed by atoms with van der Waals surface area (Å²) in [7, 11) is 0. The zero-order valence-corrected chi connectivity index (χ0v) is 5.43. The lowest BCUT2D eigenvalue weighted by Gasteiger charge is -1.96. The highest BCUT2D eigenvalue weighted by Crippen LogP contribution is 2.02. The van der Waals surface area contributed by atoms with E-state index in [1.807, 2.05) is 0 Å². The molecule has 0 rings (SSSR count). The van der Waals surface area contributed by atoms with E-state index in [1.54, 1.807) is 0 Å². The van der Waals surface area contributed by atoms with Crippen LogP contribution >= 0.6 is 0 Å². The van der Waals surface area contributed by atoms with E-state index in [-0.39, 0.29) is 6.42 Å². The minimum absolute atomic E-state index is 0.0776. The SMILES string of the molecule is CC(F)CCCC(=O)O. The first kappa shape index (κ1) is 8.40. The lowest BCUT2D eigenvalue weighted by atomic mass is 10.2. The van der Waals surface area contributed by atoms with Crippen LogP contribution in [0.3, 0.4) is 0 Å². The molecule has 54 valence electrons. The number of aliphatic carboxylic acids is 1. The van der Waals surface area contributed by atoms with Gasteiger partial charge in [0.2, 0.25) is 0 Å². The molecule has 2 nitrogen and oxygen atoms in total. The first-order chi connectivity index (χ1) is 4.13. The van der Waals surface area contributed by atoms with Crippen LogP contribution in [0.4, 0.5) is 4.39 Å². The predicted octanol–water partition coefficient (Wildman–Crippen LogP) is 1.60. The van der Waals surface area contributed by atoms with Gasteiger partial charge >= 0.3 is 5.97 Å². The van der Waals surface area contributed by atoms with Crippen molar-refractivity contribution in [1.82, 2.24) is 0 Å². The lowest BCUT2D eigenvalue weighted by Crippen LogP contribution is -1.97. The maximum Gasteiger partial charge on any atom is 0.303 e. The number of carboxylic acid groups (broad SMARTS) is 1. The van der Waals surface area contributed by atoms with Crippen molar-refractivity contribution in [2.75, 3.05) is 0 Å². The molecule has 1 atom stereocenters. The first-order valence-electron chi connectivity index (χ1n) is 2.99. The summed E-state index contributed by atoms with van der Waals surface area (Å²) in [5.41, 5.74) is 0. The van der Waals surface area contributed by atoms with Gasteiger partial charge in [0.1, 0.15) is 0 Å². The van der Waals surface area contributed by atoms with Crippen molar-refractivity contribution in [3.63, 3.8) is 0 Å². The molecule has 3 heteroatoms. The third kappa shape index (κ3) is 7.40. The van der Waals surface area contributed by atoms with Crippen molar-refractivity contribution in [1.29, 1.82) is 0 Å². The van der Waals surface area contributed by atoms with E-state index in [0.717, 1.165) is 0 Å². The molecule has 0 heterocycles. The van der Waals surface area contributed by atoms with Crippen molar-refractivity contribution >= 4 is 5.97 Å². The molecular weight excluding hydrogens is 123 g/mol. The van der Waals surface area contributed by atoms with Gasteiger partial charge in [-0.3, -0.25) is 4.79 Å². The average molecular weight is 134 g/mol. The van der Waals surface area contributed by atoms with E-state index in [2.05, 4.69) is 0 Å². The van der Waals surface area contributed by atoms with Crippen molar-refractivity contribution in [2.24, 2.45) is 0 Å². The normalized spacial score (nSPS) is 13.1. The first-order valence-corrected chi connectivity index (χ1v) is 2.99. The molecule has 0 amide bonds. The van der Waals surface area contributed by atoms with Crippen molar-refractivity contribution in [3.05, 3.63) is 0 Å². The molecule has 0 aliphatic carbocycles. The maximum atomic E-state index is 12.0. The largest absolute Gasteiger partial charge is 0.481 e. The molecular formula is C6H11FO2. The molecule has 0 aliphatic heterocycles. The van der Waals surface area contributed by atoms with Crippen LogP contribution in [-0.4, -0.2) is 17.2 Å². The molecule has 9 heavy (non-hydrogen) atoms. The fourth-order valence-electron chi connectivity index (χ4n) is 0.535. The van der Waals surface area contributed by atoms with Gasteiger partial charge in [-0.2, -0.15) is 0 Å². The molecule has 0 aromatic carbocycles. The monoisotopic (exact) mass is 134 g/mol. The molecule has 0 aromatic heterocycles. The number of alkyl halides is 1. The summed E-state index contributed by atoms with van der Waals surface area (Å²) < 4.78 is 12.0. The predicted molar refractivity (Wildman–Crippen MR) is 32.1 cm³/mol. The fraction of sp³-hybridized carbons (Fsp3) is 0.833. The van der Waals surface area contributed by atoms with Crippen molar-refractivity contribution in [2.45, 2.75) is 32.4 Å². The second-order valence-corrected chi connectivity index (χ2v) is 2.07. The Kier molecular flexibility index (Phi) is 4.01. The summed E-state index contributed by atoms with van der Waals surface area (Å²) in [5.74, 6) is -0.851. The molecule has 0 aromatic rings. The van der Waals surface area contributed by atoms with Gasteiger partial charge in [-0.1, -0.05) is 0 Å². The quantitative estimate of drug-likeness (QED) is 0.634. The van der Waals surface area contributed by atoms with E-state index in [4.69, 9.17) is 5.11 Å². The third-order valence-electron chi connectivity index (χ3n) is 0.993. The molecule has 0 saturated heterocycles. The number of halogens is 1. The number of carboxylic acids is 1. The van der Waals surface area contributed by atoms with Crippen LogP contribution in [-0.2, 0) is 4.79 Å². The molecule has 0 spiro atoms. The van der Waals surface area contributed by atoms with Crippen molar-refractivity contribution in [3.8, 4) is 0 Å². The van der Waals surface area contributed by atoms with E-state index < -0.39 is 12.1 Å². The van der Waals surface area contributed by atoms with Gasteiger partial charge in [0.05, 0.1) is 6.17 Å². The Balaban J connectivity index is 3.01. The smallest absolute Gasteiger partial charge is 0.303 e. The Hall–Kier alpha value is -0.600. The van der Waals surface area contributed by atoms with Crippen LogP contribution in [0.15, 0.2) is 0 Å². The summed E-state index contributed by atoms with van der Waals surface area (Å²) in [6.45, 7) is 1.43. The number of rotatable bonds is 4. The molecule has 0 radical (unpaired) electrons. The maximum absolute atomic E-state index is 12.0. The van der Waals surface area contributed by atoms with Crippen LogP contribution in [0.25, 0.3) is 0 Å². The van der Waals surface area contributed by atoms with Crippen LogP contribution < -0.4 is 0 Å². The Morgan fingerprint density at radius 2 is 2.33 bits per heavy atom. The summed E-state index contributed by atoms with van der Waals surface area (Å²) in [5, 5.41) is 8.10. The summed E-state index contributed by atoms with van der Waals surface area (Å²) in [6.07, 6.45) is -0.00236. The van der Waals surface area contributed by atoms with Crippen LogP contribution in [0.1, 0.15) is 26.2 Å². The minimum atomic E-state index is -0.871. The minimum Gasteiger partial charge on any atom is -0.481 e. The Bertz CT molecular complexity index is 91.1. The summed E-state index contributed by atoms with van der Waals surface area (Å²) in [4.78, 5) is 9.86. The standard InChI is InChI=1S/C6H11FO2/c1-5(7)3-2-4-6(8)9/h5H,2-4H2,1H3,(H,8,9). The summed E-state index contributed by atoms with van der Waals surface area (Å²) >= 11 is 0. The van der Waals surface area contributed by atoms with Gasteiger partial charge in [0.15, 0.2) is 0 Å². The van der Waals surface area contributed by atoms with Crippen LogP contribution in [0.2, 0.25) is 0 Å². The van der Waals surface area contributed by atoms with Gasteiger partial charge < -0.3 is 5.11 Å². The van der Waals surface area contributed by atoms with Gasteiger partial charge in [0, 0.05) is 6.42 Å². The zero-order valence-electron chi connectivity index (χ0n) is 5.43. The average Bonchev–Trinajstić information content (AvgIpc) is 1.63. The topological polar surface area (TPSA) is 37.3 Å². The number of hydrogen-bond donors (Lipinski definition) is 1. The second-order valence-electron chi connectivity index (χ2n) is 2.07. The van der Waals surface area contributed by atoms with Crippen molar-refractivity contribution < 1.29 is 14.3 Å². The molecule has 0 aliphatic rings. The van der Waals surface area contributed by atoms with E-state index in [9.17, 15) is 9.18 Å². The van der Waals surface area contributed by atoms with Gasteiger partial charge in [-0.25, -0.2) is 4.39 Å². The molecule has 0 saturated carbocycles. The highest BCUT2D eigenvalue weighted by atomic mass is 19.1. The van der Waals surface area contributed by atoms with Crippen LogP contribution in [0.5, 0.6) is 0 Å². The van der Waals surface area contributed by atoms with Gasteiger partial charge in [-0.05, 0) is 19.8 Å². The highest BCUT2D eigenvalue weighted by Gasteiger charge is 2.00. The Morgan fingerprint density at radius 3 is 2.67 bits per heavy atom. The van der Waals surface area contributed by atoms with Gasteiger partial charge in [0.25, 0.3) is 0 Å². The molecule has 0 fully saturated rings. The second kappa shape index (κ2) is 4.30. The Labute approximate surface area is 53.7 Å². The fourth-order valence-corrected chi connectivity index (χ4v) is 0.535. The number of carbonyl (C=O) groups is 1.